The normalized spacial score (nSPS) is 16.2. The van der Waals surface area contributed by atoms with Gasteiger partial charge in [-0.15, -0.1) is 35.3 Å². The standard InChI is InChI=1S/C19H25N5OS.HI/c1-4-20-19(22-11-18-23-12(2)13(3)26-18)21-10-14-9-17(25)24-16-8-6-5-7-15(14)16;/h5-8,14H,4,9-11H2,1-3H3,(H,24,25)(H2,20,21,22);1H. The van der Waals surface area contributed by atoms with Gasteiger partial charge in [-0.2, -0.15) is 0 Å². The lowest BCUT2D eigenvalue weighted by molar-refractivity contribution is -0.116. The van der Waals surface area contributed by atoms with Gasteiger partial charge in [-0.1, -0.05) is 18.2 Å². The van der Waals surface area contributed by atoms with Gasteiger partial charge in [0.05, 0.1) is 12.2 Å². The summed E-state index contributed by atoms with van der Waals surface area (Å²) in [6.07, 6.45) is 0.480. The molecule has 1 atom stereocenters. The number of amides is 1. The van der Waals surface area contributed by atoms with Crippen LogP contribution in [0.2, 0.25) is 0 Å². The first-order valence-electron chi connectivity index (χ1n) is 8.90. The van der Waals surface area contributed by atoms with Crippen LogP contribution in [0.1, 0.15) is 40.4 Å². The van der Waals surface area contributed by atoms with Crippen molar-refractivity contribution < 1.29 is 4.79 Å². The molecule has 27 heavy (non-hydrogen) atoms. The monoisotopic (exact) mass is 499 g/mol. The Morgan fingerprint density at radius 1 is 1.33 bits per heavy atom. The minimum Gasteiger partial charge on any atom is -0.357 e. The predicted octanol–water partition coefficient (Wildman–Crippen LogP) is 3.56. The Labute approximate surface area is 181 Å². The minimum atomic E-state index is 0. The van der Waals surface area contributed by atoms with E-state index >= 15 is 0 Å². The number of anilines is 1. The fourth-order valence-electron chi connectivity index (χ4n) is 3.00. The molecule has 3 rings (SSSR count). The van der Waals surface area contributed by atoms with Gasteiger partial charge in [0, 0.05) is 36.0 Å². The first kappa shape index (κ1) is 21.6. The average molecular weight is 499 g/mol. The second-order valence-electron chi connectivity index (χ2n) is 6.36. The molecule has 0 saturated heterocycles. The van der Waals surface area contributed by atoms with Crippen molar-refractivity contribution in [2.24, 2.45) is 4.99 Å². The summed E-state index contributed by atoms with van der Waals surface area (Å²) in [4.78, 5) is 22.4. The van der Waals surface area contributed by atoms with Gasteiger partial charge in [-0.25, -0.2) is 9.98 Å². The number of para-hydroxylation sites is 1. The number of hydrogen-bond donors (Lipinski definition) is 3. The van der Waals surface area contributed by atoms with Crippen LogP contribution >= 0.6 is 35.3 Å². The van der Waals surface area contributed by atoms with E-state index in [0.29, 0.717) is 19.5 Å². The van der Waals surface area contributed by atoms with E-state index in [4.69, 9.17) is 0 Å². The van der Waals surface area contributed by atoms with Gasteiger partial charge in [-0.3, -0.25) is 4.79 Å². The number of carbonyl (C=O) groups is 1. The Kier molecular flexibility index (Phi) is 8.03. The van der Waals surface area contributed by atoms with E-state index in [1.54, 1.807) is 11.3 Å². The van der Waals surface area contributed by atoms with Gasteiger partial charge in [0.15, 0.2) is 5.96 Å². The third-order valence-corrected chi connectivity index (χ3v) is 5.47. The van der Waals surface area contributed by atoms with Crippen molar-refractivity contribution in [2.75, 3.05) is 18.4 Å². The summed E-state index contributed by atoms with van der Waals surface area (Å²) in [6, 6.07) is 7.98. The fraction of sp³-hybridized carbons (Fsp3) is 0.421. The van der Waals surface area contributed by atoms with Crippen molar-refractivity contribution in [3.63, 3.8) is 0 Å². The zero-order valence-corrected chi connectivity index (χ0v) is 19.0. The van der Waals surface area contributed by atoms with Crippen LogP contribution in [0.4, 0.5) is 5.69 Å². The van der Waals surface area contributed by atoms with Crippen LogP contribution in [0, 0.1) is 13.8 Å². The number of aryl methyl sites for hydroxylation is 2. The number of fused-ring (bicyclic) bond motifs is 1. The van der Waals surface area contributed by atoms with E-state index < -0.39 is 0 Å². The zero-order valence-electron chi connectivity index (χ0n) is 15.8. The molecule has 1 aliphatic rings. The molecular formula is C19H26IN5OS. The van der Waals surface area contributed by atoms with E-state index in [-0.39, 0.29) is 35.8 Å². The Hall–Kier alpha value is -1.68. The van der Waals surface area contributed by atoms with Crippen LogP contribution in [0.3, 0.4) is 0 Å². The van der Waals surface area contributed by atoms with Crippen molar-refractivity contribution in [3.8, 4) is 0 Å². The highest BCUT2D eigenvalue weighted by Crippen LogP contribution is 2.31. The lowest BCUT2D eigenvalue weighted by atomic mass is 9.90. The molecule has 0 saturated carbocycles. The molecule has 6 nitrogen and oxygen atoms in total. The van der Waals surface area contributed by atoms with Crippen LogP contribution in [-0.2, 0) is 11.3 Å². The van der Waals surface area contributed by atoms with Gasteiger partial charge in [-0.05, 0) is 32.4 Å². The molecule has 0 spiro atoms. The van der Waals surface area contributed by atoms with Gasteiger partial charge >= 0.3 is 0 Å². The zero-order chi connectivity index (χ0) is 18.5. The van der Waals surface area contributed by atoms with Gasteiger partial charge in [0.2, 0.25) is 5.91 Å². The van der Waals surface area contributed by atoms with E-state index in [1.807, 2.05) is 32.0 Å². The second kappa shape index (κ2) is 10.0. The summed E-state index contributed by atoms with van der Waals surface area (Å²) >= 11 is 1.68. The lowest BCUT2D eigenvalue weighted by Crippen LogP contribution is -2.40. The highest BCUT2D eigenvalue weighted by atomic mass is 127. The molecular weight excluding hydrogens is 473 g/mol. The summed E-state index contributed by atoms with van der Waals surface area (Å²) in [7, 11) is 0. The molecule has 0 bridgehead atoms. The van der Waals surface area contributed by atoms with Gasteiger partial charge < -0.3 is 16.0 Å². The summed E-state index contributed by atoms with van der Waals surface area (Å²) in [5.74, 6) is 0.945. The smallest absolute Gasteiger partial charge is 0.225 e. The molecule has 0 aliphatic carbocycles. The van der Waals surface area contributed by atoms with E-state index in [0.717, 1.165) is 28.9 Å². The number of halogens is 1. The maximum Gasteiger partial charge on any atom is 0.225 e. The Bertz CT molecular complexity index is 801. The highest BCUT2D eigenvalue weighted by Gasteiger charge is 2.24. The van der Waals surface area contributed by atoms with Crippen LogP contribution in [0.25, 0.3) is 0 Å². The molecule has 1 amide bonds. The average Bonchev–Trinajstić information content (AvgIpc) is 2.95. The first-order valence-corrected chi connectivity index (χ1v) is 9.72. The largest absolute Gasteiger partial charge is 0.357 e. The maximum absolute atomic E-state index is 12.0. The predicted molar refractivity (Wildman–Crippen MR) is 122 cm³/mol. The molecule has 146 valence electrons. The van der Waals surface area contributed by atoms with E-state index in [1.165, 1.54) is 10.4 Å². The number of aliphatic imine (C=N–C) groups is 1. The SMILES string of the molecule is CCNC(=NCc1nc(C)c(C)s1)NCC1CC(=O)Nc2ccccc21.I. The number of hydrogen-bond acceptors (Lipinski definition) is 4. The Balaban J connectivity index is 0.00000261. The number of nitrogens with zero attached hydrogens (tertiary/aromatic N) is 2. The number of carbonyl (C=O) groups excluding carboxylic acids is 1. The Morgan fingerprint density at radius 2 is 2.11 bits per heavy atom. The molecule has 2 aromatic rings. The fourth-order valence-corrected chi connectivity index (χ4v) is 3.86. The molecule has 3 N–H and O–H groups in total. The molecule has 0 fully saturated rings. The molecule has 2 heterocycles. The lowest BCUT2D eigenvalue weighted by Gasteiger charge is -2.26. The van der Waals surface area contributed by atoms with Crippen LogP contribution < -0.4 is 16.0 Å². The Morgan fingerprint density at radius 3 is 2.81 bits per heavy atom. The summed E-state index contributed by atoms with van der Waals surface area (Å²) in [5.41, 5.74) is 3.15. The number of benzene rings is 1. The second-order valence-corrected chi connectivity index (χ2v) is 7.65. The van der Waals surface area contributed by atoms with Crippen LogP contribution in [-0.4, -0.2) is 29.9 Å². The van der Waals surface area contributed by atoms with Gasteiger partial charge in [0.25, 0.3) is 0 Å². The van der Waals surface area contributed by atoms with Crippen molar-refractivity contribution in [1.29, 1.82) is 0 Å². The van der Waals surface area contributed by atoms with Crippen molar-refractivity contribution >= 4 is 52.9 Å². The summed E-state index contributed by atoms with van der Waals surface area (Å²) in [5, 5.41) is 10.6. The number of aromatic nitrogens is 1. The topological polar surface area (TPSA) is 78.4 Å². The van der Waals surface area contributed by atoms with Crippen molar-refractivity contribution in [1.82, 2.24) is 15.6 Å². The van der Waals surface area contributed by atoms with Crippen molar-refractivity contribution in [3.05, 3.63) is 45.4 Å². The van der Waals surface area contributed by atoms with Crippen LogP contribution in [0.15, 0.2) is 29.3 Å². The first-order chi connectivity index (χ1) is 12.6. The molecule has 0 radical (unpaired) electrons. The molecule has 8 heteroatoms. The number of rotatable bonds is 5. The molecule has 1 aromatic heterocycles. The molecule has 1 aromatic carbocycles. The number of nitrogens with one attached hydrogen (secondary N) is 3. The van der Waals surface area contributed by atoms with E-state index in [2.05, 4.69) is 38.9 Å². The molecule has 1 unspecified atom stereocenters. The quantitative estimate of drug-likeness (QED) is 0.334. The highest BCUT2D eigenvalue weighted by molar-refractivity contribution is 14.0. The van der Waals surface area contributed by atoms with Gasteiger partial charge in [0.1, 0.15) is 5.01 Å². The number of thiazole rings is 1. The number of guanidine groups is 1. The van der Waals surface area contributed by atoms with E-state index in [9.17, 15) is 4.79 Å². The summed E-state index contributed by atoms with van der Waals surface area (Å²) in [6.45, 7) is 8.13. The minimum absolute atomic E-state index is 0. The summed E-state index contributed by atoms with van der Waals surface area (Å²) < 4.78 is 0. The van der Waals surface area contributed by atoms with Crippen molar-refractivity contribution in [2.45, 2.75) is 39.7 Å². The maximum atomic E-state index is 12.0. The third kappa shape index (κ3) is 5.65. The third-order valence-electron chi connectivity index (χ3n) is 4.41. The molecule has 1 aliphatic heterocycles. The van der Waals surface area contributed by atoms with Crippen LogP contribution in [0.5, 0.6) is 0 Å².